The summed E-state index contributed by atoms with van der Waals surface area (Å²) in [6.45, 7) is 4.00. The van der Waals surface area contributed by atoms with Crippen LogP contribution in [0.25, 0.3) is 0 Å². The monoisotopic (exact) mass is 527 g/mol. The Morgan fingerprint density at radius 1 is 1.19 bits per heavy atom. The first kappa shape index (κ1) is 25.9. The number of halogens is 1. The molecule has 36 heavy (non-hydrogen) atoms. The van der Waals surface area contributed by atoms with Crippen molar-refractivity contribution in [1.82, 2.24) is 14.7 Å². The van der Waals surface area contributed by atoms with Crippen molar-refractivity contribution in [2.45, 2.75) is 24.7 Å². The van der Waals surface area contributed by atoms with Crippen molar-refractivity contribution in [3.63, 3.8) is 0 Å². The first-order valence-corrected chi connectivity index (χ1v) is 13.0. The van der Waals surface area contributed by atoms with Gasteiger partial charge in [-0.1, -0.05) is 23.7 Å². The van der Waals surface area contributed by atoms with Crippen LogP contribution in [-0.4, -0.2) is 42.6 Å². The van der Waals surface area contributed by atoms with Gasteiger partial charge < -0.3 is 26.0 Å². The van der Waals surface area contributed by atoms with Gasteiger partial charge in [-0.2, -0.15) is 4.98 Å². The van der Waals surface area contributed by atoms with Crippen LogP contribution in [0.15, 0.2) is 53.6 Å². The average molecular weight is 528 g/mol. The van der Waals surface area contributed by atoms with E-state index in [1.54, 1.807) is 6.20 Å². The molecule has 0 saturated carbocycles. The molecule has 0 spiro atoms. The van der Waals surface area contributed by atoms with Crippen LogP contribution in [0.3, 0.4) is 0 Å². The molecule has 2 heterocycles. The predicted molar refractivity (Wildman–Crippen MR) is 147 cm³/mol. The fourth-order valence-electron chi connectivity index (χ4n) is 4.04. The molecular formula is C25H30ClN7O2S. The van der Waals surface area contributed by atoms with Gasteiger partial charge in [0.15, 0.2) is 5.82 Å². The summed E-state index contributed by atoms with van der Waals surface area (Å²) in [6, 6.07) is 13.9. The van der Waals surface area contributed by atoms with Crippen molar-refractivity contribution in [2.24, 2.45) is 11.7 Å². The maximum atomic E-state index is 11.5. The van der Waals surface area contributed by atoms with E-state index in [4.69, 9.17) is 22.1 Å². The number of para-hydroxylation sites is 1. The molecular weight excluding hydrogens is 498 g/mol. The Balaban J connectivity index is 1.53. The molecule has 1 fully saturated rings. The van der Waals surface area contributed by atoms with E-state index < -0.39 is 0 Å². The van der Waals surface area contributed by atoms with Gasteiger partial charge in [0.1, 0.15) is 10.8 Å². The highest BCUT2D eigenvalue weighted by atomic mass is 35.5. The Kier molecular flexibility index (Phi) is 8.74. The van der Waals surface area contributed by atoms with Crippen molar-refractivity contribution >= 4 is 58.3 Å². The number of carbonyl (C=O) groups is 1. The lowest BCUT2D eigenvalue weighted by molar-refractivity contribution is -0.122. The average Bonchev–Trinajstić information content (AvgIpc) is 2.88. The molecule has 1 aliphatic rings. The van der Waals surface area contributed by atoms with E-state index in [-0.39, 0.29) is 11.8 Å². The smallest absolute Gasteiger partial charge is 0.229 e. The molecule has 0 bridgehead atoms. The Morgan fingerprint density at radius 3 is 2.69 bits per heavy atom. The van der Waals surface area contributed by atoms with Crippen LogP contribution >= 0.6 is 23.5 Å². The van der Waals surface area contributed by atoms with Crippen LogP contribution in [0.4, 0.5) is 28.8 Å². The number of hydrogen-bond donors (Lipinski definition) is 4. The SMILES string of the molecule is CCOc1cc(N2CCC(C(N)=O)CC2)ccc1Nc1ncc(Cl)c(Nc2ccccc2SNC)n1. The molecule has 4 rings (SSSR count). The van der Waals surface area contributed by atoms with Gasteiger partial charge in [0.25, 0.3) is 0 Å². The zero-order valence-electron chi connectivity index (χ0n) is 20.3. The number of nitrogens with two attached hydrogens (primary N) is 1. The van der Waals surface area contributed by atoms with Crippen LogP contribution in [0.1, 0.15) is 19.8 Å². The van der Waals surface area contributed by atoms with Crippen LogP contribution in [-0.2, 0) is 4.79 Å². The highest BCUT2D eigenvalue weighted by Crippen LogP contribution is 2.35. The summed E-state index contributed by atoms with van der Waals surface area (Å²) < 4.78 is 9.00. The lowest BCUT2D eigenvalue weighted by atomic mass is 9.96. The van der Waals surface area contributed by atoms with Crippen molar-refractivity contribution < 1.29 is 9.53 Å². The fourth-order valence-corrected chi connectivity index (χ4v) is 4.77. The van der Waals surface area contributed by atoms with Crippen molar-refractivity contribution in [3.05, 3.63) is 53.7 Å². The third kappa shape index (κ3) is 6.31. The summed E-state index contributed by atoms with van der Waals surface area (Å²) in [5, 5.41) is 6.97. The lowest BCUT2D eigenvalue weighted by Gasteiger charge is -2.32. The van der Waals surface area contributed by atoms with E-state index in [9.17, 15) is 4.79 Å². The highest BCUT2D eigenvalue weighted by Gasteiger charge is 2.24. The predicted octanol–water partition coefficient (Wildman–Crippen LogP) is 4.94. The molecule has 0 radical (unpaired) electrons. The molecule has 3 aromatic rings. The van der Waals surface area contributed by atoms with Gasteiger partial charge in [0.2, 0.25) is 11.9 Å². The molecule has 1 amide bonds. The molecule has 1 aliphatic heterocycles. The summed E-state index contributed by atoms with van der Waals surface area (Å²) in [7, 11) is 1.87. The Morgan fingerprint density at radius 2 is 1.97 bits per heavy atom. The zero-order valence-corrected chi connectivity index (χ0v) is 21.8. The Labute approximate surface area is 220 Å². The highest BCUT2D eigenvalue weighted by molar-refractivity contribution is 7.97. The van der Waals surface area contributed by atoms with E-state index in [1.807, 2.05) is 56.4 Å². The molecule has 0 atom stereocenters. The summed E-state index contributed by atoms with van der Waals surface area (Å²) in [5.41, 5.74) is 8.13. The summed E-state index contributed by atoms with van der Waals surface area (Å²) in [4.78, 5) is 23.7. The largest absolute Gasteiger partial charge is 0.492 e. The van der Waals surface area contributed by atoms with Crippen molar-refractivity contribution in [1.29, 1.82) is 0 Å². The molecule has 5 N–H and O–H groups in total. The normalized spacial score (nSPS) is 13.9. The number of nitrogens with zero attached hydrogens (tertiary/aromatic N) is 3. The maximum absolute atomic E-state index is 11.5. The Hall–Kier alpha value is -3.21. The van der Waals surface area contributed by atoms with Crippen molar-refractivity contribution in [2.75, 3.05) is 42.3 Å². The standard InChI is InChI=1S/C25H30ClN7O2S/c1-3-35-21-14-17(33-12-10-16(11-13-33)23(27)34)8-9-19(21)31-25-29-15-18(26)24(32-25)30-20-6-4-5-7-22(20)36-28-2/h4-9,14-16,28H,3,10-13H2,1-2H3,(H2,27,34)(H2,29,30,31,32). The Bertz CT molecular complexity index is 1200. The minimum absolute atomic E-state index is 0.0535. The third-order valence-electron chi connectivity index (χ3n) is 5.87. The molecule has 1 saturated heterocycles. The van der Waals surface area contributed by atoms with Gasteiger partial charge in [-0.05, 0) is 63.0 Å². The van der Waals surface area contributed by atoms with Crippen LogP contribution < -0.4 is 30.7 Å². The first-order chi connectivity index (χ1) is 17.5. The second kappa shape index (κ2) is 12.2. The second-order valence-corrected chi connectivity index (χ2v) is 9.68. The number of amides is 1. The number of aromatic nitrogens is 2. The topological polar surface area (TPSA) is 117 Å². The maximum Gasteiger partial charge on any atom is 0.229 e. The minimum atomic E-state index is -0.217. The van der Waals surface area contributed by atoms with Gasteiger partial charge >= 0.3 is 0 Å². The number of anilines is 5. The van der Waals surface area contributed by atoms with E-state index >= 15 is 0 Å². The lowest BCUT2D eigenvalue weighted by Crippen LogP contribution is -2.38. The number of rotatable bonds is 10. The van der Waals surface area contributed by atoms with Crippen LogP contribution in [0.5, 0.6) is 5.75 Å². The van der Waals surface area contributed by atoms with E-state index in [0.29, 0.717) is 29.1 Å². The van der Waals surface area contributed by atoms with Gasteiger partial charge in [0.05, 0.1) is 24.2 Å². The summed E-state index contributed by atoms with van der Waals surface area (Å²) in [5.74, 6) is 1.30. The molecule has 0 unspecified atom stereocenters. The second-order valence-electron chi connectivity index (χ2n) is 8.22. The number of carbonyl (C=O) groups excluding carboxylic acids is 1. The van der Waals surface area contributed by atoms with E-state index in [1.165, 1.54) is 11.9 Å². The molecule has 1 aromatic heterocycles. The van der Waals surface area contributed by atoms with Gasteiger partial charge in [0, 0.05) is 35.7 Å². The number of benzene rings is 2. The van der Waals surface area contributed by atoms with Crippen LogP contribution in [0, 0.1) is 5.92 Å². The molecule has 190 valence electrons. The third-order valence-corrected chi connectivity index (χ3v) is 6.93. The minimum Gasteiger partial charge on any atom is -0.492 e. The van der Waals surface area contributed by atoms with Gasteiger partial charge in [-0.25, -0.2) is 4.98 Å². The number of ether oxygens (including phenoxy) is 1. The quantitative estimate of drug-likeness (QED) is 0.272. The molecule has 11 heteroatoms. The summed E-state index contributed by atoms with van der Waals surface area (Å²) in [6.07, 6.45) is 3.07. The summed E-state index contributed by atoms with van der Waals surface area (Å²) >= 11 is 7.90. The number of nitrogens with one attached hydrogen (secondary N) is 3. The molecule has 9 nitrogen and oxygen atoms in total. The molecule has 0 aliphatic carbocycles. The number of hydrogen-bond acceptors (Lipinski definition) is 9. The number of primary amides is 1. The zero-order chi connectivity index (χ0) is 25.5. The fraction of sp³-hybridized carbons (Fsp3) is 0.320. The molecule has 2 aromatic carbocycles. The number of piperidine rings is 1. The first-order valence-electron chi connectivity index (χ1n) is 11.8. The van der Waals surface area contributed by atoms with Gasteiger partial charge in [-0.3, -0.25) is 9.52 Å². The van der Waals surface area contributed by atoms with E-state index in [0.717, 1.165) is 47.9 Å². The van der Waals surface area contributed by atoms with Crippen molar-refractivity contribution in [3.8, 4) is 5.75 Å². The van der Waals surface area contributed by atoms with E-state index in [2.05, 4.69) is 30.2 Å². The van der Waals surface area contributed by atoms with Gasteiger partial charge in [-0.15, -0.1) is 0 Å². The van der Waals surface area contributed by atoms with Crippen LogP contribution in [0.2, 0.25) is 5.02 Å².